The maximum absolute atomic E-state index is 13.4. The molecule has 4 aliphatic carbocycles. The van der Waals surface area contributed by atoms with E-state index in [0.29, 0.717) is 23.3 Å². The quantitative estimate of drug-likeness (QED) is 0.684. The van der Waals surface area contributed by atoms with Crippen molar-refractivity contribution in [2.45, 2.75) is 50.0 Å². The van der Waals surface area contributed by atoms with Gasteiger partial charge in [-0.1, -0.05) is 66.2 Å². The van der Waals surface area contributed by atoms with Crippen LogP contribution in [0.3, 0.4) is 0 Å². The standard InChI is InChI=1S/C26H28N2O3S/c1-26(2)24(19-10-8-18(9-11-19)17-6-4-3-5-7-17)32(29,30)28-25(31-26)27-23-21-13-16-12-20(15-21)22(23)14-16/h3-12,16,21-24H,13-15H2,1-2H3,(H,27,28)/t16?,21?,22?,23-,24?/m0/s1. The number of amidine groups is 1. The molecule has 5 aliphatic rings. The number of rotatable bonds is 3. The lowest BCUT2D eigenvalue weighted by molar-refractivity contribution is 0.0749. The molecular formula is C26H28N2O3S. The topological polar surface area (TPSA) is 67.8 Å². The largest absolute Gasteiger partial charge is 0.457 e. The Morgan fingerprint density at radius 2 is 1.72 bits per heavy atom. The van der Waals surface area contributed by atoms with Gasteiger partial charge < -0.3 is 4.74 Å². The molecule has 6 heteroatoms. The Hall–Kier alpha value is -2.60. The van der Waals surface area contributed by atoms with Crippen molar-refractivity contribution in [3.05, 3.63) is 71.8 Å². The molecule has 2 aromatic rings. The molecule has 3 fully saturated rings. The molecule has 0 amide bonds. The first-order chi connectivity index (χ1) is 15.3. The van der Waals surface area contributed by atoms with Crippen molar-refractivity contribution in [1.82, 2.24) is 4.72 Å². The number of nitrogens with one attached hydrogen (secondary N) is 1. The van der Waals surface area contributed by atoms with Crippen LogP contribution in [0, 0.1) is 17.8 Å². The maximum Gasteiger partial charge on any atom is 0.299 e. The SMILES string of the molecule is CC1(C)OC(=N[C@H]2C3CC4=CC(C3)CC42)NS(=O)(=O)C1c1ccc(-c2ccccc2)cc1. The Labute approximate surface area is 189 Å². The molecule has 1 saturated heterocycles. The fraction of sp³-hybridized carbons (Fsp3) is 0.423. The van der Waals surface area contributed by atoms with E-state index in [0.717, 1.165) is 30.4 Å². The zero-order chi connectivity index (χ0) is 22.1. The Morgan fingerprint density at radius 3 is 2.41 bits per heavy atom. The maximum atomic E-state index is 13.4. The second kappa shape index (κ2) is 6.95. The molecule has 1 N–H and O–H groups in total. The van der Waals surface area contributed by atoms with Crippen LogP contribution in [0.1, 0.15) is 43.9 Å². The average molecular weight is 449 g/mol. The normalized spacial score (nSPS) is 34.8. The number of sulfonamides is 1. The Morgan fingerprint density at radius 1 is 1.00 bits per heavy atom. The van der Waals surface area contributed by atoms with Crippen LogP contribution < -0.4 is 4.72 Å². The number of benzene rings is 2. The second-order valence-electron chi connectivity index (χ2n) is 10.2. The summed E-state index contributed by atoms with van der Waals surface area (Å²) in [5.74, 6) is 1.69. The highest BCUT2D eigenvalue weighted by Crippen LogP contribution is 2.55. The van der Waals surface area contributed by atoms with E-state index in [9.17, 15) is 8.42 Å². The molecule has 5 nitrogen and oxygen atoms in total. The van der Waals surface area contributed by atoms with Crippen molar-refractivity contribution in [2.24, 2.45) is 22.7 Å². The molecule has 4 bridgehead atoms. The van der Waals surface area contributed by atoms with Gasteiger partial charge in [0.15, 0.2) is 0 Å². The minimum absolute atomic E-state index is 0.134. The minimum atomic E-state index is -3.70. The van der Waals surface area contributed by atoms with E-state index < -0.39 is 20.9 Å². The molecule has 4 unspecified atom stereocenters. The molecule has 2 saturated carbocycles. The molecule has 1 heterocycles. The third-order valence-electron chi connectivity index (χ3n) is 7.60. The molecule has 7 rings (SSSR count). The summed E-state index contributed by atoms with van der Waals surface area (Å²) in [6.45, 7) is 3.68. The zero-order valence-corrected chi connectivity index (χ0v) is 19.2. The lowest BCUT2D eigenvalue weighted by Crippen LogP contribution is -2.54. The number of hydrogen-bond donors (Lipinski definition) is 1. The summed E-state index contributed by atoms with van der Waals surface area (Å²) in [7, 11) is -3.70. The zero-order valence-electron chi connectivity index (χ0n) is 18.4. The molecule has 166 valence electrons. The lowest BCUT2D eigenvalue weighted by Gasteiger charge is -2.40. The van der Waals surface area contributed by atoms with Gasteiger partial charge in [0.2, 0.25) is 10.0 Å². The van der Waals surface area contributed by atoms with Crippen molar-refractivity contribution in [1.29, 1.82) is 0 Å². The van der Waals surface area contributed by atoms with Crippen LogP contribution in [0.5, 0.6) is 0 Å². The minimum Gasteiger partial charge on any atom is -0.457 e. The van der Waals surface area contributed by atoms with Gasteiger partial charge >= 0.3 is 0 Å². The van der Waals surface area contributed by atoms with E-state index in [-0.39, 0.29) is 12.1 Å². The van der Waals surface area contributed by atoms with Crippen LogP contribution in [0.15, 0.2) is 71.2 Å². The summed E-state index contributed by atoms with van der Waals surface area (Å²) in [6.07, 6.45) is 5.84. The Balaban J connectivity index is 1.28. The predicted octanol–water partition coefficient (Wildman–Crippen LogP) is 4.83. The van der Waals surface area contributed by atoms with Crippen LogP contribution in [0.2, 0.25) is 0 Å². The number of ether oxygens (including phenoxy) is 1. The first-order valence-corrected chi connectivity index (χ1v) is 13.0. The average Bonchev–Trinajstić information content (AvgIpc) is 3.15. The highest BCUT2D eigenvalue weighted by molar-refractivity contribution is 7.90. The van der Waals surface area contributed by atoms with Crippen LogP contribution in [0.25, 0.3) is 11.1 Å². The van der Waals surface area contributed by atoms with Crippen molar-refractivity contribution in [2.75, 3.05) is 0 Å². The summed E-state index contributed by atoms with van der Waals surface area (Å²) in [5, 5.41) is -0.822. The van der Waals surface area contributed by atoms with Gasteiger partial charge in [0.1, 0.15) is 10.9 Å². The van der Waals surface area contributed by atoms with Crippen LogP contribution in [0.4, 0.5) is 0 Å². The molecular weight excluding hydrogens is 420 g/mol. The van der Waals surface area contributed by atoms with Gasteiger partial charge in [-0.05, 0) is 61.6 Å². The summed E-state index contributed by atoms with van der Waals surface area (Å²) in [4.78, 5) is 4.83. The predicted molar refractivity (Wildman–Crippen MR) is 125 cm³/mol. The van der Waals surface area contributed by atoms with Crippen LogP contribution in [-0.4, -0.2) is 26.1 Å². The third-order valence-corrected chi connectivity index (χ3v) is 9.52. The number of allylic oxidation sites excluding steroid dienone is 1. The highest BCUT2D eigenvalue weighted by Gasteiger charge is 2.52. The van der Waals surface area contributed by atoms with Crippen LogP contribution >= 0.6 is 0 Å². The van der Waals surface area contributed by atoms with Crippen molar-refractivity contribution in [3.8, 4) is 11.1 Å². The van der Waals surface area contributed by atoms with E-state index in [1.165, 1.54) is 5.57 Å². The van der Waals surface area contributed by atoms with E-state index in [2.05, 4.69) is 10.8 Å². The molecule has 0 aromatic heterocycles. The van der Waals surface area contributed by atoms with E-state index in [4.69, 9.17) is 9.73 Å². The lowest BCUT2D eigenvalue weighted by atomic mass is 9.80. The monoisotopic (exact) mass is 448 g/mol. The van der Waals surface area contributed by atoms with E-state index >= 15 is 0 Å². The molecule has 0 radical (unpaired) electrons. The first kappa shape index (κ1) is 20.0. The van der Waals surface area contributed by atoms with Crippen molar-refractivity contribution in [3.63, 3.8) is 0 Å². The number of hydrogen-bond acceptors (Lipinski definition) is 4. The second-order valence-corrected chi connectivity index (χ2v) is 12.0. The van der Waals surface area contributed by atoms with Gasteiger partial charge in [-0.25, -0.2) is 18.1 Å². The fourth-order valence-corrected chi connectivity index (χ4v) is 8.17. The van der Waals surface area contributed by atoms with Crippen molar-refractivity contribution < 1.29 is 13.2 Å². The molecule has 32 heavy (non-hydrogen) atoms. The Kier molecular flexibility index (Phi) is 4.35. The van der Waals surface area contributed by atoms with Gasteiger partial charge in [0, 0.05) is 5.92 Å². The third kappa shape index (κ3) is 3.19. The van der Waals surface area contributed by atoms with E-state index in [1.54, 1.807) is 0 Å². The molecule has 2 aromatic carbocycles. The van der Waals surface area contributed by atoms with Gasteiger partial charge in [0.25, 0.3) is 6.02 Å². The van der Waals surface area contributed by atoms with Gasteiger partial charge in [-0.15, -0.1) is 0 Å². The van der Waals surface area contributed by atoms with Crippen molar-refractivity contribution >= 4 is 16.0 Å². The van der Waals surface area contributed by atoms with Crippen LogP contribution in [-0.2, 0) is 14.8 Å². The highest BCUT2D eigenvalue weighted by atomic mass is 32.2. The molecule has 0 spiro atoms. The van der Waals surface area contributed by atoms with Gasteiger partial charge in [-0.3, -0.25) is 0 Å². The fourth-order valence-electron chi connectivity index (χ4n) is 6.40. The van der Waals surface area contributed by atoms with Gasteiger partial charge in [-0.2, -0.15) is 0 Å². The molecule has 1 aliphatic heterocycles. The Bertz CT molecular complexity index is 1220. The smallest absolute Gasteiger partial charge is 0.299 e. The number of aliphatic imine (C=N–C) groups is 1. The summed E-state index contributed by atoms with van der Waals surface area (Å²) in [6, 6.07) is 18.1. The summed E-state index contributed by atoms with van der Waals surface area (Å²) < 4.78 is 35.6. The molecule has 5 atom stereocenters. The number of nitrogens with zero attached hydrogens (tertiary/aromatic N) is 1. The van der Waals surface area contributed by atoms with E-state index in [1.807, 2.05) is 68.4 Å². The first-order valence-electron chi connectivity index (χ1n) is 11.4. The summed E-state index contributed by atoms with van der Waals surface area (Å²) in [5.41, 5.74) is 3.45. The summed E-state index contributed by atoms with van der Waals surface area (Å²) >= 11 is 0. The van der Waals surface area contributed by atoms with Gasteiger partial charge in [0.05, 0.1) is 6.04 Å².